The van der Waals surface area contributed by atoms with Crippen molar-refractivity contribution in [2.45, 2.75) is 18.6 Å². The first-order valence-electron chi connectivity index (χ1n) is 8.91. The third-order valence-corrected chi connectivity index (χ3v) is 4.30. The predicted molar refractivity (Wildman–Crippen MR) is 108 cm³/mol. The van der Waals surface area contributed by atoms with E-state index in [4.69, 9.17) is 11.5 Å². The molecule has 0 heterocycles. The summed E-state index contributed by atoms with van der Waals surface area (Å²) in [7, 11) is 1.37. The monoisotopic (exact) mass is 404 g/mol. The number of nitrogens with zero attached hydrogens (tertiary/aromatic N) is 1. The Morgan fingerprint density at radius 2 is 1.90 bits per heavy atom. The minimum Gasteiger partial charge on any atom is -0.405 e. The number of carbonyl (C=O) groups is 1. The van der Waals surface area contributed by atoms with Crippen molar-refractivity contribution in [2.24, 2.45) is 16.5 Å². The molecule has 0 aliphatic heterocycles. The second kappa shape index (κ2) is 9.88. The van der Waals surface area contributed by atoms with Gasteiger partial charge in [-0.1, -0.05) is 36.4 Å². The first kappa shape index (κ1) is 22.2. The van der Waals surface area contributed by atoms with Crippen LogP contribution in [-0.2, 0) is 12.6 Å². The summed E-state index contributed by atoms with van der Waals surface area (Å²) in [5.41, 5.74) is 10.8. The van der Waals surface area contributed by atoms with Gasteiger partial charge in [0.1, 0.15) is 0 Å². The molecule has 0 radical (unpaired) electrons. The zero-order valence-corrected chi connectivity index (χ0v) is 15.9. The van der Waals surface area contributed by atoms with Gasteiger partial charge in [0.15, 0.2) is 0 Å². The van der Waals surface area contributed by atoms with Crippen LogP contribution in [0.15, 0.2) is 65.8 Å². The molecule has 0 aromatic heterocycles. The molecule has 154 valence electrons. The van der Waals surface area contributed by atoms with Crippen LogP contribution in [0.25, 0.3) is 0 Å². The third-order valence-electron chi connectivity index (χ3n) is 4.30. The van der Waals surface area contributed by atoms with Gasteiger partial charge in [0.2, 0.25) is 0 Å². The minimum atomic E-state index is -4.67. The van der Waals surface area contributed by atoms with E-state index in [0.29, 0.717) is 6.42 Å². The fourth-order valence-corrected chi connectivity index (χ4v) is 2.88. The van der Waals surface area contributed by atoms with Crippen molar-refractivity contribution in [3.05, 3.63) is 83.1 Å². The summed E-state index contributed by atoms with van der Waals surface area (Å²) in [5, 5.41) is 2.70. The van der Waals surface area contributed by atoms with Gasteiger partial charge in [-0.25, -0.2) is 0 Å². The molecular formula is C21H23F3N4O. The number of hydrogen-bond donors (Lipinski definition) is 3. The van der Waals surface area contributed by atoms with E-state index in [9.17, 15) is 18.0 Å². The maximum Gasteiger partial charge on any atom is 0.417 e. The zero-order valence-electron chi connectivity index (χ0n) is 15.9. The number of rotatable bonds is 7. The number of amides is 1. The van der Waals surface area contributed by atoms with Crippen LogP contribution >= 0.6 is 0 Å². The molecule has 0 spiro atoms. The van der Waals surface area contributed by atoms with E-state index in [0.717, 1.165) is 17.8 Å². The number of nitrogens with one attached hydrogen (secondary N) is 1. The molecule has 0 saturated carbocycles. The van der Waals surface area contributed by atoms with Gasteiger partial charge in [-0.2, -0.15) is 13.2 Å². The van der Waals surface area contributed by atoms with Crippen LogP contribution in [0.2, 0.25) is 0 Å². The Kier molecular flexibility index (Phi) is 7.55. The molecule has 2 rings (SSSR count). The number of nitrogens with two attached hydrogens (primary N) is 2. The fourth-order valence-electron chi connectivity index (χ4n) is 2.88. The van der Waals surface area contributed by atoms with Crippen molar-refractivity contribution >= 4 is 11.6 Å². The molecule has 8 heteroatoms. The summed E-state index contributed by atoms with van der Waals surface area (Å²) in [5.74, 6) is -0.627. The average Bonchev–Trinajstić information content (AvgIpc) is 2.71. The Bertz CT molecular complexity index is 893. The lowest BCUT2D eigenvalue weighted by molar-refractivity contribution is -0.137. The highest BCUT2D eigenvalue weighted by Crippen LogP contribution is 2.33. The average molecular weight is 404 g/mol. The second-order valence-corrected chi connectivity index (χ2v) is 6.32. The lowest BCUT2D eigenvalue weighted by atomic mass is 9.98. The van der Waals surface area contributed by atoms with Crippen molar-refractivity contribution < 1.29 is 18.0 Å². The van der Waals surface area contributed by atoms with Gasteiger partial charge in [0.25, 0.3) is 5.91 Å². The van der Waals surface area contributed by atoms with Crippen LogP contribution in [0.5, 0.6) is 0 Å². The standard InChI is InChI=1S/C21H23F3N4O/c1-27-19(9-10-25)17-8-7-15(12-18(17)21(22,23)24)20(29)28-16(13-26)11-14-5-3-2-4-6-14/h2-10,12,16H,11,13,25-26H2,1H3,(H,28,29)/b10-9-,27-19?. The van der Waals surface area contributed by atoms with Gasteiger partial charge >= 0.3 is 6.18 Å². The summed E-state index contributed by atoms with van der Waals surface area (Å²) >= 11 is 0. The van der Waals surface area contributed by atoms with Crippen molar-refractivity contribution in [2.75, 3.05) is 13.6 Å². The Morgan fingerprint density at radius 1 is 1.21 bits per heavy atom. The Labute approximate surface area is 167 Å². The van der Waals surface area contributed by atoms with E-state index in [1.807, 2.05) is 30.3 Å². The highest BCUT2D eigenvalue weighted by atomic mass is 19.4. The van der Waals surface area contributed by atoms with Crippen LogP contribution in [-0.4, -0.2) is 31.3 Å². The molecule has 0 aliphatic rings. The smallest absolute Gasteiger partial charge is 0.405 e. The molecule has 1 atom stereocenters. The predicted octanol–water partition coefficient (Wildman–Crippen LogP) is 2.90. The number of aliphatic imine (C=N–C) groups is 1. The SMILES string of the molecule is CN=C(/C=C\N)c1ccc(C(=O)NC(CN)Cc2ccccc2)cc1C(F)(F)F. The van der Waals surface area contributed by atoms with E-state index in [1.165, 1.54) is 25.3 Å². The molecule has 0 fully saturated rings. The molecule has 5 nitrogen and oxygen atoms in total. The molecule has 2 aromatic carbocycles. The molecule has 29 heavy (non-hydrogen) atoms. The van der Waals surface area contributed by atoms with Crippen LogP contribution in [0.4, 0.5) is 13.2 Å². The van der Waals surface area contributed by atoms with Gasteiger partial charge in [-0.15, -0.1) is 0 Å². The quantitative estimate of drug-likeness (QED) is 0.620. The number of alkyl halides is 3. The second-order valence-electron chi connectivity index (χ2n) is 6.32. The van der Waals surface area contributed by atoms with Gasteiger partial charge in [0.05, 0.1) is 11.3 Å². The van der Waals surface area contributed by atoms with E-state index in [1.54, 1.807) is 0 Å². The summed E-state index contributed by atoms with van der Waals surface area (Å²) in [6, 6.07) is 12.3. The first-order valence-corrected chi connectivity index (χ1v) is 8.91. The van der Waals surface area contributed by atoms with Crippen molar-refractivity contribution in [1.29, 1.82) is 0 Å². The normalized spacial score (nSPS) is 13.5. The van der Waals surface area contributed by atoms with Crippen LogP contribution < -0.4 is 16.8 Å². The maximum absolute atomic E-state index is 13.6. The number of halogens is 3. The Balaban J connectivity index is 2.30. The third kappa shape index (κ3) is 5.92. The summed E-state index contributed by atoms with van der Waals surface area (Å²) in [6.07, 6.45) is -1.81. The van der Waals surface area contributed by atoms with Crippen molar-refractivity contribution in [3.63, 3.8) is 0 Å². The van der Waals surface area contributed by atoms with E-state index in [2.05, 4.69) is 10.3 Å². The van der Waals surface area contributed by atoms with Crippen molar-refractivity contribution in [3.8, 4) is 0 Å². The molecule has 1 unspecified atom stereocenters. The van der Waals surface area contributed by atoms with Gasteiger partial charge in [-0.3, -0.25) is 9.79 Å². The zero-order chi connectivity index (χ0) is 21.4. The number of carbonyl (C=O) groups excluding carboxylic acids is 1. The topological polar surface area (TPSA) is 93.5 Å². The first-order chi connectivity index (χ1) is 13.8. The summed E-state index contributed by atoms with van der Waals surface area (Å²) in [4.78, 5) is 16.4. The highest BCUT2D eigenvalue weighted by molar-refractivity contribution is 6.10. The molecule has 1 amide bonds. The largest absolute Gasteiger partial charge is 0.417 e. The number of allylic oxidation sites excluding steroid dienone is 1. The molecule has 5 N–H and O–H groups in total. The van der Waals surface area contributed by atoms with E-state index in [-0.39, 0.29) is 23.4 Å². The molecule has 0 aliphatic carbocycles. The fraction of sp³-hybridized carbons (Fsp3) is 0.238. The van der Waals surface area contributed by atoms with Crippen LogP contribution in [0.3, 0.4) is 0 Å². The summed E-state index contributed by atoms with van der Waals surface area (Å²) in [6.45, 7) is 0.152. The minimum absolute atomic E-state index is 0.0655. The van der Waals surface area contributed by atoms with E-state index >= 15 is 0 Å². The number of benzene rings is 2. The van der Waals surface area contributed by atoms with Crippen molar-refractivity contribution in [1.82, 2.24) is 5.32 Å². The van der Waals surface area contributed by atoms with E-state index < -0.39 is 23.7 Å². The van der Waals surface area contributed by atoms with Gasteiger partial charge in [0, 0.05) is 30.8 Å². The molecule has 0 saturated heterocycles. The van der Waals surface area contributed by atoms with Crippen LogP contribution in [0.1, 0.15) is 27.0 Å². The Hall–Kier alpha value is -3.13. The summed E-state index contributed by atoms with van der Waals surface area (Å²) < 4.78 is 40.7. The molecule has 2 aromatic rings. The van der Waals surface area contributed by atoms with Gasteiger partial charge < -0.3 is 16.8 Å². The Morgan fingerprint density at radius 3 is 2.45 bits per heavy atom. The van der Waals surface area contributed by atoms with Gasteiger partial charge in [-0.05, 0) is 36.4 Å². The number of hydrogen-bond acceptors (Lipinski definition) is 4. The van der Waals surface area contributed by atoms with Crippen LogP contribution in [0, 0.1) is 0 Å². The maximum atomic E-state index is 13.6. The lowest BCUT2D eigenvalue weighted by Gasteiger charge is -2.18. The molecule has 0 bridgehead atoms. The lowest BCUT2D eigenvalue weighted by Crippen LogP contribution is -2.41. The highest BCUT2D eigenvalue weighted by Gasteiger charge is 2.35. The molecular weight excluding hydrogens is 381 g/mol.